The third-order valence-electron chi connectivity index (χ3n) is 2.30. The SMILES string of the molecule is CNC(=O)c1cnc(NC(C)c2nnc(N)s2)cn1. The largest absolute Gasteiger partial charge is 0.374 e. The highest BCUT2D eigenvalue weighted by Gasteiger charge is 2.12. The van der Waals surface area contributed by atoms with Gasteiger partial charge >= 0.3 is 0 Å². The van der Waals surface area contributed by atoms with Crippen molar-refractivity contribution in [1.82, 2.24) is 25.5 Å². The predicted octanol–water partition coefficient (Wildman–Crippen LogP) is 0.443. The number of nitrogens with zero attached hydrogens (tertiary/aromatic N) is 4. The van der Waals surface area contributed by atoms with Crippen molar-refractivity contribution in [2.24, 2.45) is 0 Å². The lowest BCUT2D eigenvalue weighted by molar-refractivity contribution is 0.0958. The zero-order valence-electron chi connectivity index (χ0n) is 10.4. The summed E-state index contributed by atoms with van der Waals surface area (Å²) < 4.78 is 0. The van der Waals surface area contributed by atoms with E-state index in [-0.39, 0.29) is 17.6 Å². The van der Waals surface area contributed by atoms with Crippen molar-refractivity contribution in [3.05, 3.63) is 23.1 Å². The molecule has 0 aliphatic heterocycles. The Bertz CT molecular complexity index is 568. The number of anilines is 2. The number of nitrogens with one attached hydrogen (secondary N) is 2. The van der Waals surface area contributed by atoms with Gasteiger partial charge in [0.25, 0.3) is 5.91 Å². The number of nitrogens with two attached hydrogens (primary N) is 1. The van der Waals surface area contributed by atoms with E-state index in [0.29, 0.717) is 10.9 Å². The average Bonchev–Trinajstić information content (AvgIpc) is 2.85. The molecule has 0 saturated heterocycles. The molecule has 0 saturated carbocycles. The van der Waals surface area contributed by atoms with Gasteiger partial charge in [0.05, 0.1) is 18.4 Å². The Labute approximate surface area is 113 Å². The zero-order chi connectivity index (χ0) is 13.8. The van der Waals surface area contributed by atoms with E-state index in [9.17, 15) is 4.79 Å². The zero-order valence-corrected chi connectivity index (χ0v) is 11.2. The Kier molecular flexibility index (Phi) is 3.85. The fourth-order valence-electron chi connectivity index (χ4n) is 1.35. The highest BCUT2D eigenvalue weighted by Crippen LogP contribution is 2.21. The number of amides is 1. The van der Waals surface area contributed by atoms with Crippen molar-refractivity contribution in [2.75, 3.05) is 18.1 Å². The van der Waals surface area contributed by atoms with Crippen molar-refractivity contribution in [1.29, 1.82) is 0 Å². The average molecular weight is 279 g/mol. The van der Waals surface area contributed by atoms with Crippen molar-refractivity contribution in [3.8, 4) is 0 Å². The van der Waals surface area contributed by atoms with Crippen LogP contribution in [0.2, 0.25) is 0 Å². The number of rotatable bonds is 4. The van der Waals surface area contributed by atoms with Gasteiger partial charge in [-0.05, 0) is 6.92 Å². The minimum atomic E-state index is -0.274. The van der Waals surface area contributed by atoms with Gasteiger partial charge in [-0.3, -0.25) is 4.79 Å². The normalized spacial score (nSPS) is 11.9. The molecular weight excluding hydrogens is 266 g/mol. The number of nitrogen functional groups attached to an aromatic ring is 1. The second-order valence-corrected chi connectivity index (χ2v) is 4.75. The molecule has 100 valence electrons. The van der Waals surface area contributed by atoms with E-state index in [4.69, 9.17) is 5.73 Å². The Morgan fingerprint density at radius 1 is 1.37 bits per heavy atom. The highest BCUT2D eigenvalue weighted by molar-refractivity contribution is 7.15. The van der Waals surface area contributed by atoms with Crippen LogP contribution in [0.1, 0.15) is 28.5 Å². The molecule has 4 N–H and O–H groups in total. The Morgan fingerprint density at radius 2 is 2.16 bits per heavy atom. The quantitative estimate of drug-likeness (QED) is 0.743. The third-order valence-corrected chi connectivity index (χ3v) is 3.24. The second kappa shape index (κ2) is 5.57. The molecule has 8 nitrogen and oxygen atoms in total. The summed E-state index contributed by atoms with van der Waals surface area (Å²) in [5.74, 6) is 0.276. The first kappa shape index (κ1) is 13.1. The molecule has 1 unspecified atom stereocenters. The van der Waals surface area contributed by atoms with Gasteiger partial charge in [-0.1, -0.05) is 11.3 Å². The molecule has 9 heteroatoms. The minimum Gasteiger partial charge on any atom is -0.374 e. The molecule has 2 rings (SSSR count). The lowest BCUT2D eigenvalue weighted by Crippen LogP contribution is -2.19. The van der Waals surface area contributed by atoms with Crippen LogP contribution in [0.25, 0.3) is 0 Å². The Morgan fingerprint density at radius 3 is 2.68 bits per heavy atom. The van der Waals surface area contributed by atoms with Gasteiger partial charge in [-0.15, -0.1) is 10.2 Å². The molecular formula is C10H13N7OS. The fraction of sp³-hybridized carbons (Fsp3) is 0.300. The molecule has 2 heterocycles. The van der Waals surface area contributed by atoms with Crippen LogP contribution in [-0.4, -0.2) is 33.1 Å². The van der Waals surface area contributed by atoms with Gasteiger partial charge in [0, 0.05) is 7.05 Å². The summed E-state index contributed by atoms with van der Waals surface area (Å²) in [6.45, 7) is 1.91. The molecule has 2 aromatic rings. The van der Waals surface area contributed by atoms with Crippen LogP contribution in [0.4, 0.5) is 10.9 Å². The number of aromatic nitrogens is 4. The van der Waals surface area contributed by atoms with E-state index >= 15 is 0 Å². The van der Waals surface area contributed by atoms with E-state index in [2.05, 4.69) is 30.8 Å². The maximum Gasteiger partial charge on any atom is 0.271 e. The van der Waals surface area contributed by atoms with Crippen molar-refractivity contribution in [3.63, 3.8) is 0 Å². The molecule has 0 bridgehead atoms. The minimum absolute atomic E-state index is 0.0880. The highest BCUT2D eigenvalue weighted by atomic mass is 32.1. The Balaban J connectivity index is 2.05. The number of hydrogen-bond acceptors (Lipinski definition) is 8. The molecule has 0 aliphatic rings. The lowest BCUT2D eigenvalue weighted by atomic mass is 10.3. The van der Waals surface area contributed by atoms with Gasteiger partial charge in [0.2, 0.25) is 5.13 Å². The van der Waals surface area contributed by atoms with Crippen molar-refractivity contribution in [2.45, 2.75) is 13.0 Å². The van der Waals surface area contributed by atoms with Gasteiger partial charge in [-0.25, -0.2) is 9.97 Å². The molecule has 0 aromatic carbocycles. The monoisotopic (exact) mass is 279 g/mol. The van der Waals surface area contributed by atoms with E-state index in [1.54, 1.807) is 0 Å². The number of carbonyl (C=O) groups is 1. The molecule has 0 fully saturated rings. The van der Waals surface area contributed by atoms with E-state index in [1.165, 1.54) is 30.8 Å². The third kappa shape index (κ3) is 3.13. The summed E-state index contributed by atoms with van der Waals surface area (Å²) in [5, 5.41) is 14.4. The van der Waals surface area contributed by atoms with E-state index in [1.807, 2.05) is 6.92 Å². The maximum atomic E-state index is 11.3. The van der Waals surface area contributed by atoms with Gasteiger partial charge in [0.1, 0.15) is 16.5 Å². The summed E-state index contributed by atoms with van der Waals surface area (Å²) in [7, 11) is 1.54. The second-order valence-electron chi connectivity index (χ2n) is 3.71. The predicted molar refractivity (Wildman–Crippen MR) is 71.8 cm³/mol. The van der Waals surface area contributed by atoms with Crippen molar-refractivity contribution < 1.29 is 4.79 Å². The van der Waals surface area contributed by atoms with Crippen LogP contribution in [0, 0.1) is 0 Å². The van der Waals surface area contributed by atoms with Crippen molar-refractivity contribution >= 4 is 28.2 Å². The molecule has 0 spiro atoms. The molecule has 2 aromatic heterocycles. The summed E-state index contributed by atoms with van der Waals surface area (Å²) in [6.07, 6.45) is 2.90. The van der Waals surface area contributed by atoms with Crippen LogP contribution in [-0.2, 0) is 0 Å². The van der Waals surface area contributed by atoms with Gasteiger partial charge in [0.15, 0.2) is 0 Å². The van der Waals surface area contributed by atoms with Gasteiger partial charge in [-0.2, -0.15) is 0 Å². The number of carbonyl (C=O) groups excluding carboxylic acids is 1. The Hall–Kier alpha value is -2.29. The van der Waals surface area contributed by atoms with Crippen LogP contribution >= 0.6 is 11.3 Å². The van der Waals surface area contributed by atoms with Crippen LogP contribution < -0.4 is 16.4 Å². The topological polar surface area (TPSA) is 119 Å². The molecule has 1 atom stereocenters. The summed E-state index contributed by atoms with van der Waals surface area (Å²) in [5.41, 5.74) is 5.79. The molecule has 0 aliphatic carbocycles. The summed E-state index contributed by atoms with van der Waals surface area (Å²) >= 11 is 1.31. The maximum absolute atomic E-state index is 11.3. The van der Waals surface area contributed by atoms with Crippen LogP contribution in [0.5, 0.6) is 0 Å². The fourth-order valence-corrected chi connectivity index (χ4v) is 1.97. The number of hydrogen-bond donors (Lipinski definition) is 3. The van der Waals surface area contributed by atoms with E-state index in [0.717, 1.165) is 5.01 Å². The van der Waals surface area contributed by atoms with E-state index < -0.39 is 0 Å². The lowest BCUT2D eigenvalue weighted by Gasteiger charge is -2.10. The first-order chi connectivity index (χ1) is 9.10. The first-order valence-corrected chi connectivity index (χ1v) is 6.31. The summed E-state index contributed by atoms with van der Waals surface area (Å²) in [6, 6.07) is -0.0880. The summed E-state index contributed by atoms with van der Waals surface area (Å²) in [4.78, 5) is 19.4. The van der Waals surface area contributed by atoms with Crippen LogP contribution in [0.15, 0.2) is 12.4 Å². The smallest absolute Gasteiger partial charge is 0.271 e. The van der Waals surface area contributed by atoms with Crippen LogP contribution in [0.3, 0.4) is 0 Å². The standard InChI is InChI=1S/C10H13N7OS/c1-5(9-16-17-10(11)19-9)15-7-4-13-6(3-14-7)8(18)12-2/h3-5H,1-2H3,(H2,11,17)(H,12,18)(H,14,15). The molecule has 0 radical (unpaired) electrons. The van der Waals surface area contributed by atoms with Gasteiger partial charge < -0.3 is 16.4 Å². The molecule has 1 amide bonds. The molecule has 19 heavy (non-hydrogen) atoms. The first-order valence-electron chi connectivity index (χ1n) is 5.49.